The van der Waals surface area contributed by atoms with E-state index in [0.717, 1.165) is 46.5 Å². The molecule has 3 aromatic heterocycles. The number of thiophene rings is 1. The molecule has 0 saturated heterocycles. The van der Waals surface area contributed by atoms with Crippen molar-refractivity contribution in [2.45, 2.75) is 18.1 Å². The normalized spacial score (nSPS) is 14.5. The Kier molecular flexibility index (Phi) is 4.81. The molecule has 1 aromatic carbocycles. The molecule has 1 N–H and O–H groups in total. The number of benzene rings is 1. The minimum absolute atomic E-state index is 0.146. The summed E-state index contributed by atoms with van der Waals surface area (Å²) in [6.45, 7) is 1.64. The molecule has 4 heterocycles. The van der Waals surface area contributed by atoms with E-state index in [9.17, 15) is 9.59 Å². The van der Waals surface area contributed by atoms with Crippen molar-refractivity contribution in [3.8, 4) is 5.69 Å². The lowest BCUT2D eigenvalue weighted by Crippen LogP contribution is -2.27. The molecule has 0 bridgehead atoms. The summed E-state index contributed by atoms with van der Waals surface area (Å²) in [6.07, 6.45) is 0.780. The van der Waals surface area contributed by atoms with Gasteiger partial charge in [-0.05, 0) is 37.2 Å². The summed E-state index contributed by atoms with van der Waals surface area (Å²) in [5, 5.41) is 19.2. The first-order chi connectivity index (χ1) is 14.4. The number of carboxylic acids is 1. The molecule has 0 spiro atoms. The van der Waals surface area contributed by atoms with Crippen LogP contribution in [-0.2, 0) is 17.8 Å². The number of fused-ring (bicyclic) bond motifs is 5. The van der Waals surface area contributed by atoms with Crippen molar-refractivity contribution in [1.82, 2.24) is 24.1 Å². The van der Waals surface area contributed by atoms with E-state index in [1.54, 1.807) is 40.0 Å². The number of halogens is 1. The third kappa shape index (κ3) is 3.11. The van der Waals surface area contributed by atoms with Crippen molar-refractivity contribution in [1.29, 1.82) is 0 Å². The second-order valence-corrected chi connectivity index (χ2v) is 9.56. The van der Waals surface area contributed by atoms with Crippen LogP contribution in [0.4, 0.5) is 0 Å². The maximum atomic E-state index is 13.7. The monoisotopic (exact) mass is 461 g/mol. The van der Waals surface area contributed by atoms with Crippen molar-refractivity contribution in [2.24, 2.45) is 0 Å². The molecular formula is C19H16ClN5O3S2. The fourth-order valence-corrected chi connectivity index (χ4v) is 6.06. The number of likely N-dealkylation sites (N-methyl/N-ethyl adjacent to an activating group) is 1. The fraction of sp³-hybridized carbons (Fsp3) is 0.263. The fourth-order valence-electron chi connectivity index (χ4n) is 3.75. The van der Waals surface area contributed by atoms with Gasteiger partial charge in [0.15, 0.2) is 5.16 Å². The molecule has 1 aliphatic heterocycles. The molecule has 0 radical (unpaired) electrons. The minimum Gasteiger partial charge on any atom is -0.481 e. The Morgan fingerprint density at radius 3 is 2.97 bits per heavy atom. The molecule has 0 fully saturated rings. The zero-order chi connectivity index (χ0) is 21.0. The summed E-state index contributed by atoms with van der Waals surface area (Å²) in [5.74, 6) is -0.746. The van der Waals surface area contributed by atoms with Crippen molar-refractivity contribution in [3.63, 3.8) is 0 Å². The maximum Gasteiger partial charge on any atom is 0.313 e. The van der Waals surface area contributed by atoms with Gasteiger partial charge in [0.25, 0.3) is 5.56 Å². The Morgan fingerprint density at radius 2 is 2.20 bits per heavy atom. The van der Waals surface area contributed by atoms with Crippen LogP contribution in [0.15, 0.2) is 34.2 Å². The molecule has 0 amide bonds. The average Bonchev–Trinajstić information content (AvgIpc) is 3.27. The summed E-state index contributed by atoms with van der Waals surface area (Å²) in [7, 11) is 2.06. The highest BCUT2D eigenvalue weighted by atomic mass is 35.5. The average molecular weight is 462 g/mol. The van der Waals surface area contributed by atoms with E-state index in [-0.39, 0.29) is 11.3 Å². The van der Waals surface area contributed by atoms with Crippen molar-refractivity contribution in [3.05, 3.63) is 50.1 Å². The van der Waals surface area contributed by atoms with Crippen molar-refractivity contribution < 1.29 is 9.90 Å². The number of hydrogen-bond acceptors (Lipinski definition) is 7. The summed E-state index contributed by atoms with van der Waals surface area (Å²) in [5.41, 5.74) is 1.48. The van der Waals surface area contributed by atoms with Gasteiger partial charge >= 0.3 is 5.97 Å². The number of carbonyl (C=O) groups is 1. The van der Waals surface area contributed by atoms with Gasteiger partial charge in [-0.25, -0.2) is 8.97 Å². The van der Waals surface area contributed by atoms with Crippen molar-refractivity contribution in [2.75, 3.05) is 19.3 Å². The SMILES string of the molecule is CN1CCc2c(sc3c2c(=O)n(-c2cccc(Cl)c2)c2nnc(SCC(=O)O)n32)C1. The van der Waals surface area contributed by atoms with Gasteiger partial charge in [0.2, 0.25) is 5.78 Å². The molecule has 11 heteroatoms. The van der Waals surface area contributed by atoms with Gasteiger partial charge in [-0.15, -0.1) is 21.5 Å². The number of aromatic nitrogens is 4. The Bertz CT molecular complexity index is 1380. The van der Waals surface area contributed by atoms with Gasteiger partial charge in [-0.1, -0.05) is 29.4 Å². The number of nitrogens with zero attached hydrogens (tertiary/aromatic N) is 5. The van der Waals surface area contributed by atoms with Gasteiger partial charge in [0.1, 0.15) is 4.83 Å². The first-order valence-electron chi connectivity index (χ1n) is 9.17. The molecule has 30 heavy (non-hydrogen) atoms. The van der Waals surface area contributed by atoms with Crippen LogP contribution in [0.25, 0.3) is 21.7 Å². The van der Waals surface area contributed by atoms with Crippen molar-refractivity contribution >= 4 is 56.7 Å². The van der Waals surface area contributed by atoms with E-state index >= 15 is 0 Å². The lowest BCUT2D eigenvalue weighted by Gasteiger charge is -2.21. The van der Waals surface area contributed by atoms with E-state index in [1.165, 1.54) is 4.57 Å². The van der Waals surface area contributed by atoms with E-state index < -0.39 is 5.97 Å². The Morgan fingerprint density at radius 1 is 1.37 bits per heavy atom. The number of rotatable bonds is 4. The quantitative estimate of drug-likeness (QED) is 0.467. The smallest absolute Gasteiger partial charge is 0.313 e. The van der Waals surface area contributed by atoms with Gasteiger partial charge in [-0.2, -0.15) is 0 Å². The van der Waals surface area contributed by atoms with Crippen LogP contribution in [-0.4, -0.2) is 54.5 Å². The standard InChI is InChI=1S/C19H16ClN5O3S2/c1-23-6-5-12-13(8-23)30-17-15(12)16(28)24(11-4-2-3-10(20)7-11)18-21-22-19(25(17)18)29-9-14(26)27/h2-4,7H,5-6,8-9H2,1H3,(H,26,27). The van der Waals surface area contributed by atoms with E-state index in [1.807, 2.05) is 0 Å². The molecule has 0 saturated carbocycles. The van der Waals surface area contributed by atoms with Crippen LogP contribution in [0.1, 0.15) is 10.4 Å². The van der Waals surface area contributed by atoms with Crippen LogP contribution >= 0.6 is 34.7 Å². The summed E-state index contributed by atoms with van der Waals surface area (Å²) in [4.78, 5) is 28.9. The van der Waals surface area contributed by atoms with E-state index in [0.29, 0.717) is 27.0 Å². The second-order valence-electron chi connectivity index (χ2n) is 7.09. The first-order valence-corrected chi connectivity index (χ1v) is 11.4. The predicted octanol–water partition coefficient (Wildman–Crippen LogP) is 2.91. The molecule has 8 nitrogen and oxygen atoms in total. The topological polar surface area (TPSA) is 92.7 Å². The second kappa shape index (κ2) is 7.38. The molecule has 154 valence electrons. The Hall–Kier alpha value is -2.40. The largest absolute Gasteiger partial charge is 0.481 e. The summed E-state index contributed by atoms with van der Waals surface area (Å²) < 4.78 is 3.31. The zero-order valence-electron chi connectivity index (χ0n) is 15.8. The van der Waals surface area contributed by atoms with Crippen LogP contribution < -0.4 is 5.56 Å². The maximum absolute atomic E-state index is 13.7. The summed E-state index contributed by atoms with van der Waals surface area (Å²) in [6, 6.07) is 7.02. The van der Waals surface area contributed by atoms with Gasteiger partial charge in [-0.3, -0.25) is 9.59 Å². The molecule has 4 aromatic rings. The highest BCUT2D eigenvalue weighted by molar-refractivity contribution is 7.99. The van der Waals surface area contributed by atoms with Crippen LogP contribution in [0, 0.1) is 0 Å². The molecule has 0 aliphatic carbocycles. The number of thioether (sulfide) groups is 1. The third-order valence-corrected chi connectivity index (χ3v) is 7.41. The molecule has 0 atom stereocenters. The zero-order valence-corrected chi connectivity index (χ0v) is 18.2. The van der Waals surface area contributed by atoms with Crippen LogP contribution in [0.3, 0.4) is 0 Å². The Labute approximate surface area is 183 Å². The lowest BCUT2D eigenvalue weighted by molar-refractivity contribution is -0.133. The number of aliphatic carboxylic acids is 1. The van der Waals surface area contributed by atoms with E-state index in [4.69, 9.17) is 16.7 Å². The van der Waals surface area contributed by atoms with Gasteiger partial charge < -0.3 is 10.0 Å². The number of hydrogen-bond donors (Lipinski definition) is 1. The molecule has 1 aliphatic rings. The highest BCUT2D eigenvalue weighted by Gasteiger charge is 2.26. The molecule has 5 rings (SSSR count). The Balaban J connectivity index is 1.88. The van der Waals surface area contributed by atoms with Gasteiger partial charge in [0.05, 0.1) is 16.8 Å². The molecule has 0 unspecified atom stereocenters. The first kappa shape index (κ1) is 19.6. The van der Waals surface area contributed by atoms with Gasteiger partial charge in [0, 0.05) is 23.0 Å². The highest BCUT2D eigenvalue weighted by Crippen LogP contribution is 2.35. The minimum atomic E-state index is -0.941. The third-order valence-electron chi connectivity index (χ3n) is 5.06. The predicted molar refractivity (Wildman–Crippen MR) is 117 cm³/mol. The van der Waals surface area contributed by atoms with Crippen LogP contribution in [0.5, 0.6) is 0 Å². The lowest BCUT2D eigenvalue weighted by atomic mass is 10.1. The van der Waals surface area contributed by atoms with E-state index in [2.05, 4.69) is 22.1 Å². The van der Waals surface area contributed by atoms with Crippen LogP contribution in [0.2, 0.25) is 5.02 Å². The molecular weight excluding hydrogens is 446 g/mol. The summed E-state index contributed by atoms with van der Waals surface area (Å²) >= 11 is 8.82. The number of carboxylic acid groups (broad SMARTS) is 1.